The Morgan fingerprint density at radius 1 is 1.12 bits per heavy atom. The summed E-state index contributed by atoms with van der Waals surface area (Å²) in [5.41, 5.74) is 1.53. The molecule has 0 radical (unpaired) electrons. The number of halogens is 2. The van der Waals surface area contributed by atoms with Crippen molar-refractivity contribution in [2.75, 3.05) is 0 Å². The zero-order chi connectivity index (χ0) is 12.2. The van der Waals surface area contributed by atoms with Crippen LogP contribution in [0, 0.1) is 5.41 Å². The van der Waals surface area contributed by atoms with Gasteiger partial charge in [0.25, 0.3) is 0 Å². The van der Waals surface area contributed by atoms with Crippen LogP contribution in [0.3, 0.4) is 0 Å². The number of rotatable bonds is 4. The lowest BCUT2D eigenvalue weighted by Gasteiger charge is -2.24. The molecule has 1 aromatic rings. The minimum Gasteiger partial charge on any atom is -0.122 e. The predicted octanol–water partition coefficient (Wildman–Crippen LogP) is 5.32. The average Bonchev–Trinajstić information content (AvgIpc) is 2.19. The monoisotopic (exact) mass is 258 g/mol. The molecular formula is C14H20Cl2. The van der Waals surface area contributed by atoms with Crippen molar-refractivity contribution in [3.05, 3.63) is 34.9 Å². The van der Waals surface area contributed by atoms with Gasteiger partial charge < -0.3 is 0 Å². The lowest BCUT2D eigenvalue weighted by atomic mass is 9.88. The summed E-state index contributed by atoms with van der Waals surface area (Å²) in [5, 5.41) is 1.05. The van der Waals surface area contributed by atoms with Crippen LogP contribution in [0.1, 0.15) is 39.2 Å². The minimum atomic E-state index is 0.196. The Labute approximate surface area is 109 Å². The van der Waals surface area contributed by atoms with Crippen molar-refractivity contribution >= 4 is 23.2 Å². The lowest BCUT2D eigenvalue weighted by molar-refractivity contribution is 0.369. The Hall–Kier alpha value is -0.200. The third-order valence-electron chi connectivity index (χ3n) is 2.78. The zero-order valence-corrected chi connectivity index (χ0v) is 11.8. The minimum absolute atomic E-state index is 0.196. The molecule has 1 rings (SSSR count). The van der Waals surface area contributed by atoms with E-state index in [-0.39, 0.29) is 10.8 Å². The predicted molar refractivity (Wildman–Crippen MR) is 73.5 cm³/mol. The van der Waals surface area contributed by atoms with Crippen LogP contribution in [0.15, 0.2) is 24.3 Å². The van der Waals surface area contributed by atoms with Gasteiger partial charge in [-0.3, -0.25) is 0 Å². The van der Waals surface area contributed by atoms with Crippen LogP contribution in [0.25, 0.3) is 0 Å². The molecule has 0 aliphatic carbocycles. The summed E-state index contributed by atoms with van der Waals surface area (Å²) in [6, 6.07) is 8.06. The molecule has 0 nitrogen and oxygen atoms in total. The van der Waals surface area contributed by atoms with Crippen LogP contribution in [0.4, 0.5) is 0 Å². The van der Waals surface area contributed by atoms with Crippen LogP contribution < -0.4 is 0 Å². The van der Waals surface area contributed by atoms with Crippen molar-refractivity contribution in [1.82, 2.24) is 0 Å². The van der Waals surface area contributed by atoms with Gasteiger partial charge in [-0.2, -0.15) is 0 Å². The van der Waals surface area contributed by atoms with Crippen molar-refractivity contribution < 1.29 is 0 Å². The molecule has 0 heterocycles. The van der Waals surface area contributed by atoms with Crippen molar-refractivity contribution in [1.29, 1.82) is 0 Å². The maximum absolute atomic E-state index is 6.33. The topological polar surface area (TPSA) is 0 Å². The summed E-state index contributed by atoms with van der Waals surface area (Å²) < 4.78 is 0. The molecule has 0 aliphatic heterocycles. The fourth-order valence-corrected chi connectivity index (χ4v) is 1.85. The standard InChI is InChI=1S/C14H20Cl2/c1-14(2,3)13(16)6-4-5-11-7-9-12(15)10-8-11/h7-10,13H,4-6H2,1-3H3. The molecule has 16 heavy (non-hydrogen) atoms. The Morgan fingerprint density at radius 2 is 1.69 bits per heavy atom. The summed E-state index contributed by atoms with van der Waals surface area (Å²) >= 11 is 12.2. The summed E-state index contributed by atoms with van der Waals surface area (Å²) in [6.07, 6.45) is 3.28. The fourth-order valence-electron chi connectivity index (χ4n) is 1.57. The molecule has 0 N–H and O–H groups in total. The van der Waals surface area contributed by atoms with Gasteiger partial charge in [0.15, 0.2) is 0 Å². The van der Waals surface area contributed by atoms with Gasteiger partial charge in [0.1, 0.15) is 0 Å². The first-order valence-electron chi connectivity index (χ1n) is 5.78. The van der Waals surface area contributed by atoms with Gasteiger partial charge in [0.2, 0.25) is 0 Å². The van der Waals surface area contributed by atoms with Gasteiger partial charge in [0, 0.05) is 10.4 Å². The molecule has 0 spiro atoms. The first-order valence-corrected chi connectivity index (χ1v) is 6.59. The average molecular weight is 259 g/mol. The van der Waals surface area contributed by atoms with Crippen LogP contribution in [0.5, 0.6) is 0 Å². The summed E-state index contributed by atoms with van der Waals surface area (Å²) in [6.45, 7) is 6.56. The Kier molecular flexibility index (Phi) is 5.14. The van der Waals surface area contributed by atoms with E-state index in [0.717, 1.165) is 24.3 Å². The molecule has 1 aromatic carbocycles. The van der Waals surface area contributed by atoms with Gasteiger partial charge >= 0.3 is 0 Å². The molecule has 0 bridgehead atoms. The Balaban J connectivity index is 2.33. The quantitative estimate of drug-likeness (QED) is 0.642. The largest absolute Gasteiger partial charge is 0.122 e. The third-order valence-corrected chi connectivity index (χ3v) is 3.90. The van der Waals surface area contributed by atoms with Gasteiger partial charge in [-0.15, -0.1) is 11.6 Å². The van der Waals surface area contributed by atoms with Gasteiger partial charge in [-0.1, -0.05) is 44.5 Å². The molecule has 2 heteroatoms. The molecule has 0 aliphatic rings. The highest BCUT2D eigenvalue weighted by atomic mass is 35.5. The fraction of sp³-hybridized carbons (Fsp3) is 0.571. The second-order valence-electron chi connectivity index (χ2n) is 5.35. The van der Waals surface area contributed by atoms with E-state index in [0.29, 0.717) is 0 Å². The van der Waals surface area contributed by atoms with Crippen LogP contribution in [-0.2, 0) is 6.42 Å². The number of hydrogen-bond donors (Lipinski definition) is 0. The summed E-state index contributed by atoms with van der Waals surface area (Å²) in [4.78, 5) is 0. The Bertz CT molecular complexity index is 309. The van der Waals surface area contributed by atoms with E-state index in [1.54, 1.807) is 0 Å². The Morgan fingerprint density at radius 3 is 2.19 bits per heavy atom. The van der Waals surface area contributed by atoms with E-state index in [4.69, 9.17) is 23.2 Å². The SMILES string of the molecule is CC(C)(C)C(Cl)CCCc1ccc(Cl)cc1. The van der Waals surface area contributed by atoms with Crippen LogP contribution in [0.2, 0.25) is 5.02 Å². The van der Waals surface area contributed by atoms with Crippen LogP contribution >= 0.6 is 23.2 Å². The highest BCUT2D eigenvalue weighted by molar-refractivity contribution is 6.30. The third kappa shape index (κ3) is 4.76. The van der Waals surface area contributed by atoms with E-state index >= 15 is 0 Å². The van der Waals surface area contributed by atoms with Gasteiger partial charge in [-0.05, 0) is 42.4 Å². The molecule has 0 fully saturated rings. The highest BCUT2D eigenvalue weighted by Crippen LogP contribution is 2.28. The van der Waals surface area contributed by atoms with E-state index < -0.39 is 0 Å². The molecular weight excluding hydrogens is 239 g/mol. The first-order chi connectivity index (χ1) is 7.39. The lowest BCUT2D eigenvalue weighted by Crippen LogP contribution is -2.20. The van der Waals surface area contributed by atoms with Crippen LogP contribution in [-0.4, -0.2) is 5.38 Å². The smallest absolute Gasteiger partial charge is 0.0406 e. The number of alkyl halides is 1. The van der Waals surface area contributed by atoms with Crippen molar-refractivity contribution in [2.45, 2.75) is 45.4 Å². The maximum Gasteiger partial charge on any atom is 0.0406 e. The zero-order valence-electron chi connectivity index (χ0n) is 10.3. The van der Waals surface area contributed by atoms with E-state index in [1.165, 1.54) is 5.56 Å². The molecule has 90 valence electrons. The van der Waals surface area contributed by atoms with Crippen molar-refractivity contribution in [3.8, 4) is 0 Å². The number of hydrogen-bond acceptors (Lipinski definition) is 0. The molecule has 1 unspecified atom stereocenters. The second kappa shape index (κ2) is 5.93. The normalized spacial score (nSPS) is 13.8. The van der Waals surface area contributed by atoms with E-state index in [1.807, 2.05) is 12.1 Å². The van der Waals surface area contributed by atoms with Gasteiger partial charge in [0.05, 0.1) is 0 Å². The summed E-state index contributed by atoms with van der Waals surface area (Å²) in [7, 11) is 0. The first kappa shape index (κ1) is 13.9. The molecule has 0 saturated carbocycles. The second-order valence-corrected chi connectivity index (χ2v) is 6.32. The van der Waals surface area contributed by atoms with Crippen molar-refractivity contribution in [2.24, 2.45) is 5.41 Å². The molecule has 0 aromatic heterocycles. The maximum atomic E-state index is 6.33. The molecule has 1 atom stereocenters. The number of aryl methyl sites for hydroxylation is 1. The summed E-state index contributed by atoms with van der Waals surface area (Å²) in [5.74, 6) is 0. The van der Waals surface area contributed by atoms with E-state index in [9.17, 15) is 0 Å². The number of benzene rings is 1. The van der Waals surface area contributed by atoms with Crippen molar-refractivity contribution in [3.63, 3.8) is 0 Å². The van der Waals surface area contributed by atoms with E-state index in [2.05, 4.69) is 32.9 Å². The van der Waals surface area contributed by atoms with Gasteiger partial charge in [-0.25, -0.2) is 0 Å². The molecule has 0 saturated heterocycles. The molecule has 0 amide bonds. The highest BCUT2D eigenvalue weighted by Gasteiger charge is 2.21.